The van der Waals surface area contributed by atoms with Crippen molar-refractivity contribution < 1.29 is 18.3 Å². The van der Waals surface area contributed by atoms with E-state index in [1.54, 1.807) is 24.3 Å². The number of aromatic carboxylic acids is 1. The Morgan fingerprint density at radius 2 is 1.66 bits per heavy atom. The summed E-state index contributed by atoms with van der Waals surface area (Å²) < 4.78 is 28.4. The first-order valence-corrected chi connectivity index (χ1v) is 12.8. The number of hydrogen-bond donors (Lipinski definition) is 2. The van der Waals surface area contributed by atoms with Crippen LogP contribution in [0.1, 0.15) is 27.9 Å². The van der Waals surface area contributed by atoms with Gasteiger partial charge in [-0.2, -0.15) is 5.26 Å². The first kappa shape index (κ1) is 33.2. The van der Waals surface area contributed by atoms with E-state index in [0.29, 0.717) is 36.2 Å². The number of rotatable bonds is 7. The maximum Gasteiger partial charge on any atom is 0.336 e. The van der Waals surface area contributed by atoms with Crippen molar-refractivity contribution in [2.24, 2.45) is 0 Å². The second kappa shape index (κ2) is 13.8. The number of fused-ring (bicyclic) bond motifs is 1. The predicted molar refractivity (Wildman–Crippen MR) is 156 cm³/mol. The molecule has 0 saturated carbocycles. The van der Waals surface area contributed by atoms with Gasteiger partial charge in [0.25, 0.3) is 10.0 Å². The number of benzene rings is 2. The molecule has 2 N–H and O–H groups in total. The van der Waals surface area contributed by atoms with Crippen molar-refractivity contribution in [2.75, 3.05) is 42.3 Å². The predicted octanol–water partition coefficient (Wildman–Crippen LogP) is 4.65. The summed E-state index contributed by atoms with van der Waals surface area (Å²) in [7, 11) is -3.85. The molecular formula is C25H30Cl3N5O4S. The fourth-order valence-electron chi connectivity index (χ4n) is 4.33. The van der Waals surface area contributed by atoms with Crippen molar-refractivity contribution >= 4 is 75.6 Å². The lowest BCUT2D eigenvalue weighted by Crippen LogP contribution is -2.46. The van der Waals surface area contributed by atoms with Crippen LogP contribution in [0.5, 0.6) is 0 Å². The molecule has 0 aliphatic carbocycles. The molecule has 0 radical (unpaired) electrons. The Labute approximate surface area is 241 Å². The molecule has 0 spiro atoms. The first-order valence-electron chi connectivity index (χ1n) is 11.3. The number of hydrogen-bond acceptors (Lipinski definition) is 7. The van der Waals surface area contributed by atoms with Gasteiger partial charge in [0.2, 0.25) is 0 Å². The Kier molecular flexibility index (Phi) is 12.1. The van der Waals surface area contributed by atoms with Crippen LogP contribution in [0.2, 0.25) is 0 Å². The van der Waals surface area contributed by atoms with Crippen LogP contribution in [0.15, 0.2) is 47.4 Å². The van der Waals surface area contributed by atoms with Gasteiger partial charge < -0.3 is 10.0 Å². The van der Waals surface area contributed by atoms with Gasteiger partial charge in [-0.05, 0) is 61.4 Å². The molecule has 3 aromatic rings. The topological polar surface area (TPSA) is 127 Å². The molecular weight excluding hydrogens is 573 g/mol. The zero-order chi connectivity index (χ0) is 25.2. The first-order chi connectivity index (χ1) is 16.7. The number of aromatic nitrogens is 1. The number of aryl methyl sites for hydroxylation is 2. The van der Waals surface area contributed by atoms with Gasteiger partial charge in [0, 0.05) is 50.2 Å². The van der Waals surface area contributed by atoms with Crippen LogP contribution in [-0.4, -0.2) is 62.1 Å². The second-order valence-electron chi connectivity index (χ2n) is 8.73. The summed E-state index contributed by atoms with van der Waals surface area (Å²) in [5, 5.41) is 19.0. The van der Waals surface area contributed by atoms with Gasteiger partial charge in [0.1, 0.15) is 5.82 Å². The third-order valence-corrected chi connectivity index (χ3v) is 7.38. The van der Waals surface area contributed by atoms with E-state index in [9.17, 15) is 18.3 Å². The number of carboxylic acid groups (broad SMARTS) is 1. The van der Waals surface area contributed by atoms with Crippen LogP contribution < -0.4 is 9.62 Å². The van der Waals surface area contributed by atoms with E-state index < -0.39 is 16.0 Å². The average molecular weight is 603 g/mol. The minimum Gasteiger partial charge on any atom is -0.478 e. The van der Waals surface area contributed by atoms with Crippen LogP contribution in [0, 0.1) is 25.2 Å². The largest absolute Gasteiger partial charge is 0.478 e. The summed E-state index contributed by atoms with van der Waals surface area (Å²) in [6, 6.07) is 13.5. The van der Waals surface area contributed by atoms with E-state index in [1.807, 2.05) is 24.8 Å². The maximum absolute atomic E-state index is 12.9. The standard InChI is InChI=1S/C25H27N5O4S.3ClH/c1-17-12-18(2)14-20(13-17)35(33,34)28-19-4-5-23-21(15-19)22(25(31)32)16-24(27-23)30-10-8-29(9-11-30)7-3-6-26;;;/h4-5,12-16,28H,3,7-11H2,1-2H3,(H,31,32);3*1H. The number of halogens is 3. The Hall–Kier alpha value is -2.81. The molecule has 0 bridgehead atoms. The normalized spacial score (nSPS) is 13.4. The highest BCUT2D eigenvalue weighted by molar-refractivity contribution is 7.92. The minimum atomic E-state index is -3.85. The van der Waals surface area contributed by atoms with Gasteiger partial charge in [-0.25, -0.2) is 18.2 Å². The Balaban J connectivity index is 0.00000241. The molecule has 1 aromatic heterocycles. The monoisotopic (exact) mass is 601 g/mol. The maximum atomic E-state index is 12.9. The number of sulfonamides is 1. The minimum absolute atomic E-state index is 0. The van der Waals surface area contributed by atoms with Crippen molar-refractivity contribution in [1.29, 1.82) is 5.26 Å². The molecule has 38 heavy (non-hydrogen) atoms. The zero-order valence-corrected chi connectivity index (χ0v) is 24.1. The molecule has 1 aliphatic heterocycles. The average Bonchev–Trinajstić information content (AvgIpc) is 2.81. The van der Waals surface area contributed by atoms with Crippen LogP contribution in [-0.2, 0) is 10.0 Å². The summed E-state index contributed by atoms with van der Waals surface area (Å²) in [5.41, 5.74) is 2.46. The van der Waals surface area contributed by atoms with E-state index in [0.717, 1.165) is 30.8 Å². The lowest BCUT2D eigenvalue weighted by Gasteiger charge is -2.35. The van der Waals surface area contributed by atoms with Gasteiger partial charge in [0.05, 0.1) is 22.0 Å². The Bertz CT molecular complexity index is 1420. The molecule has 1 aliphatic rings. The van der Waals surface area contributed by atoms with E-state index in [4.69, 9.17) is 5.26 Å². The molecule has 1 saturated heterocycles. The van der Waals surface area contributed by atoms with Crippen molar-refractivity contribution in [2.45, 2.75) is 25.2 Å². The molecule has 9 nitrogen and oxygen atoms in total. The van der Waals surface area contributed by atoms with Crippen molar-refractivity contribution in [3.63, 3.8) is 0 Å². The smallest absolute Gasteiger partial charge is 0.336 e. The molecule has 2 aromatic carbocycles. The van der Waals surface area contributed by atoms with Gasteiger partial charge >= 0.3 is 5.97 Å². The summed E-state index contributed by atoms with van der Waals surface area (Å²) in [6.07, 6.45) is 0.479. The molecule has 1 fully saturated rings. The lowest BCUT2D eigenvalue weighted by atomic mass is 10.1. The highest BCUT2D eigenvalue weighted by atomic mass is 35.5. The van der Waals surface area contributed by atoms with Gasteiger partial charge in [-0.15, -0.1) is 37.2 Å². The number of carbonyl (C=O) groups is 1. The van der Waals surface area contributed by atoms with Crippen LogP contribution in [0.4, 0.5) is 11.5 Å². The number of nitriles is 1. The number of nitrogens with zero attached hydrogens (tertiary/aromatic N) is 4. The number of anilines is 2. The fourth-order valence-corrected chi connectivity index (χ4v) is 5.56. The molecule has 0 unspecified atom stereocenters. The Morgan fingerprint density at radius 1 is 1.03 bits per heavy atom. The van der Waals surface area contributed by atoms with Gasteiger partial charge in [-0.1, -0.05) is 6.07 Å². The second-order valence-corrected chi connectivity index (χ2v) is 10.4. The summed E-state index contributed by atoms with van der Waals surface area (Å²) in [5.74, 6) is -0.543. The Morgan fingerprint density at radius 3 is 2.24 bits per heavy atom. The van der Waals surface area contributed by atoms with E-state index in [-0.39, 0.29) is 53.4 Å². The molecule has 0 amide bonds. The molecule has 13 heteroatoms. The quantitative estimate of drug-likeness (QED) is 0.400. The fraction of sp³-hybridized carbons (Fsp3) is 0.320. The van der Waals surface area contributed by atoms with Crippen LogP contribution >= 0.6 is 37.2 Å². The molecule has 2 heterocycles. The number of piperazine rings is 1. The van der Waals surface area contributed by atoms with E-state index in [2.05, 4.69) is 20.7 Å². The van der Waals surface area contributed by atoms with Crippen LogP contribution in [0.3, 0.4) is 0 Å². The van der Waals surface area contributed by atoms with Crippen molar-refractivity contribution in [1.82, 2.24) is 9.88 Å². The van der Waals surface area contributed by atoms with E-state index in [1.165, 1.54) is 12.1 Å². The summed E-state index contributed by atoms with van der Waals surface area (Å²) >= 11 is 0. The van der Waals surface area contributed by atoms with Gasteiger partial charge in [-0.3, -0.25) is 9.62 Å². The highest BCUT2D eigenvalue weighted by Crippen LogP contribution is 2.28. The molecule has 0 atom stereocenters. The summed E-state index contributed by atoms with van der Waals surface area (Å²) in [4.78, 5) is 21.1. The number of nitrogens with one attached hydrogen (secondary N) is 1. The third kappa shape index (κ3) is 7.62. The lowest BCUT2D eigenvalue weighted by molar-refractivity contribution is 0.0699. The summed E-state index contributed by atoms with van der Waals surface area (Å²) in [6.45, 7) is 7.27. The number of pyridine rings is 1. The van der Waals surface area contributed by atoms with Crippen LogP contribution in [0.25, 0.3) is 10.9 Å². The number of carboxylic acids is 1. The van der Waals surface area contributed by atoms with Gasteiger partial charge in [0.15, 0.2) is 0 Å². The van der Waals surface area contributed by atoms with Crippen molar-refractivity contribution in [3.8, 4) is 6.07 Å². The third-order valence-electron chi connectivity index (χ3n) is 6.02. The zero-order valence-electron chi connectivity index (χ0n) is 20.9. The van der Waals surface area contributed by atoms with E-state index >= 15 is 0 Å². The molecule has 206 valence electrons. The highest BCUT2D eigenvalue weighted by Gasteiger charge is 2.22. The SMILES string of the molecule is Cc1cc(C)cc(S(=O)(=O)Nc2ccc3nc(N4CCN(CCC#N)CC4)cc(C(=O)O)c3c2)c1.Cl.Cl.Cl. The molecule has 4 rings (SSSR count). The van der Waals surface area contributed by atoms with Crippen molar-refractivity contribution in [3.05, 3.63) is 59.2 Å².